The van der Waals surface area contributed by atoms with Gasteiger partial charge in [-0.2, -0.15) is 0 Å². The predicted molar refractivity (Wildman–Crippen MR) is 160 cm³/mol. The standard InChI is InChI=1S/C33H32F2N4O4/c1-16-19(8-6-10-25(16)39-26(40)13-17-7-5-9-22(34)30(17)38(4)32(39)42)27-23(35)15-21(31(36)41)29-28(27)20-12-11-18(33(2,3)43)14-24(20)37-29/h5-10,15,18,37,43H,11-14H2,1-4H3,(H2,36,41)/t18-/m0/s1. The fourth-order valence-electron chi connectivity index (χ4n) is 6.68. The third-order valence-corrected chi connectivity index (χ3v) is 8.97. The number of nitrogens with zero attached hydrogens (tertiary/aromatic N) is 2. The SMILES string of the molecule is Cc1c(-c2c(F)cc(C(N)=O)c3[nH]c4c(c23)CC[C@H](C(C)(C)O)C4)cccc1N1C(=O)Cc2cccc(F)c2N(C)C1=O. The third-order valence-electron chi connectivity index (χ3n) is 8.97. The minimum Gasteiger partial charge on any atom is -0.390 e. The van der Waals surface area contributed by atoms with Gasteiger partial charge in [0.1, 0.15) is 11.6 Å². The molecule has 0 radical (unpaired) electrons. The van der Waals surface area contributed by atoms with Crippen LogP contribution in [0, 0.1) is 24.5 Å². The topological polar surface area (TPSA) is 120 Å². The minimum atomic E-state index is -0.928. The Morgan fingerprint density at radius 1 is 1.12 bits per heavy atom. The zero-order chi connectivity index (χ0) is 31.0. The molecule has 1 aliphatic heterocycles. The number of benzene rings is 3. The summed E-state index contributed by atoms with van der Waals surface area (Å²) >= 11 is 0. The maximum Gasteiger partial charge on any atom is 0.335 e. The Kier molecular flexibility index (Phi) is 6.65. The van der Waals surface area contributed by atoms with Crippen molar-refractivity contribution < 1.29 is 28.3 Å². The number of aromatic amines is 1. The molecule has 2 heterocycles. The van der Waals surface area contributed by atoms with Crippen molar-refractivity contribution >= 4 is 40.1 Å². The molecule has 0 saturated heterocycles. The number of hydrogen-bond acceptors (Lipinski definition) is 4. The summed E-state index contributed by atoms with van der Waals surface area (Å²) in [5, 5.41) is 11.2. The van der Waals surface area contributed by atoms with Crippen LogP contribution in [0.2, 0.25) is 0 Å². The molecule has 0 bridgehead atoms. The first kappa shape index (κ1) is 28.5. The number of primary amides is 1. The highest BCUT2D eigenvalue weighted by Crippen LogP contribution is 2.44. The van der Waals surface area contributed by atoms with Crippen molar-refractivity contribution in [2.24, 2.45) is 11.7 Å². The summed E-state index contributed by atoms with van der Waals surface area (Å²) in [6.07, 6.45) is 1.50. The minimum absolute atomic E-state index is 0.0126. The van der Waals surface area contributed by atoms with Crippen LogP contribution in [-0.2, 0) is 24.1 Å². The predicted octanol–water partition coefficient (Wildman–Crippen LogP) is 5.54. The number of carbonyl (C=O) groups excluding carboxylic acids is 3. The number of urea groups is 1. The quantitative estimate of drug-likeness (QED) is 0.291. The van der Waals surface area contributed by atoms with E-state index in [-0.39, 0.29) is 34.8 Å². The molecule has 4 aromatic rings. The maximum atomic E-state index is 16.1. The van der Waals surface area contributed by atoms with E-state index in [0.29, 0.717) is 46.9 Å². The molecule has 0 fully saturated rings. The van der Waals surface area contributed by atoms with Crippen molar-refractivity contribution in [1.82, 2.24) is 4.98 Å². The van der Waals surface area contributed by atoms with Gasteiger partial charge in [0.15, 0.2) is 0 Å². The molecule has 0 saturated carbocycles. The number of H-pyrrole nitrogens is 1. The lowest BCUT2D eigenvalue weighted by atomic mass is 9.77. The molecule has 1 aliphatic carbocycles. The van der Waals surface area contributed by atoms with Crippen LogP contribution in [0.4, 0.5) is 25.0 Å². The van der Waals surface area contributed by atoms with E-state index in [9.17, 15) is 23.9 Å². The lowest BCUT2D eigenvalue weighted by Gasteiger charge is -2.32. The third kappa shape index (κ3) is 4.48. The number of rotatable bonds is 4. The van der Waals surface area contributed by atoms with Crippen LogP contribution in [0.25, 0.3) is 22.0 Å². The van der Waals surface area contributed by atoms with Gasteiger partial charge in [-0.05, 0) is 86.4 Å². The number of anilines is 2. The zero-order valence-electron chi connectivity index (χ0n) is 24.3. The molecule has 3 aromatic carbocycles. The highest BCUT2D eigenvalue weighted by molar-refractivity contribution is 6.22. The van der Waals surface area contributed by atoms with Gasteiger partial charge in [-0.3, -0.25) is 14.5 Å². The van der Waals surface area contributed by atoms with Crippen LogP contribution in [-0.4, -0.2) is 40.6 Å². The number of para-hydroxylation sites is 1. The molecule has 222 valence electrons. The van der Waals surface area contributed by atoms with Crippen LogP contribution >= 0.6 is 0 Å². The first-order chi connectivity index (χ1) is 20.3. The van der Waals surface area contributed by atoms with Gasteiger partial charge < -0.3 is 15.8 Å². The normalized spacial score (nSPS) is 17.2. The van der Waals surface area contributed by atoms with Crippen molar-refractivity contribution in [3.8, 4) is 11.1 Å². The number of nitrogens with one attached hydrogen (secondary N) is 1. The van der Waals surface area contributed by atoms with Gasteiger partial charge in [-0.15, -0.1) is 0 Å². The Balaban J connectivity index is 1.54. The highest BCUT2D eigenvalue weighted by Gasteiger charge is 2.37. The van der Waals surface area contributed by atoms with Crippen molar-refractivity contribution in [1.29, 1.82) is 0 Å². The largest absolute Gasteiger partial charge is 0.390 e. The summed E-state index contributed by atoms with van der Waals surface area (Å²) in [5.41, 5.74) is 8.56. The first-order valence-corrected chi connectivity index (χ1v) is 14.2. The van der Waals surface area contributed by atoms with Crippen LogP contribution in [0.5, 0.6) is 0 Å². The number of nitrogens with two attached hydrogens (primary N) is 1. The van der Waals surface area contributed by atoms with Gasteiger partial charge >= 0.3 is 6.03 Å². The van der Waals surface area contributed by atoms with Gasteiger partial charge in [-0.25, -0.2) is 18.5 Å². The van der Waals surface area contributed by atoms with Gasteiger partial charge in [0.05, 0.1) is 34.5 Å². The van der Waals surface area contributed by atoms with Gasteiger partial charge in [0, 0.05) is 23.7 Å². The average Bonchev–Trinajstić information content (AvgIpc) is 3.27. The molecule has 0 unspecified atom stereocenters. The smallest absolute Gasteiger partial charge is 0.335 e. The summed E-state index contributed by atoms with van der Waals surface area (Å²) in [5.74, 6) is -2.67. The number of aliphatic hydroxyl groups is 1. The number of hydrogen-bond donors (Lipinski definition) is 3. The second-order valence-electron chi connectivity index (χ2n) is 12.0. The van der Waals surface area contributed by atoms with Crippen LogP contribution in [0.1, 0.15) is 53.0 Å². The first-order valence-electron chi connectivity index (χ1n) is 14.2. The molecule has 2 aliphatic rings. The number of fused-ring (bicyclic) bond motifs is 4. The Labute approximate surface area is 247 Å². The zero-order valence-corrected chi connectivity index (χ0v) is 24.3. The van der Waals surface area contributed by atoms with Crippen molar-refractivity contribution in [2.75, 3.05) is 16.8 Å². The lowest BCUT2D eigenvalue weighted by molar-refractivity contribution is -0.117. The number of amides is 4. The molecule has 43 heavy (non-hydrogen) atoms. The van der Waals surface area contributed by atoms with Crippen LogP contribution in [0.3, 0.4) is 0 Å². The highest BCUT2D eigenvalue weighted by atomic mass is 19.1. The maximum absolute atomic E-state index is 16.1. The van der Waals surface area contributed by atoms with E-state index in [1.165, 1.54) is 19.2 Å². The molecule has 8 nitrogen and oxygen atoms in total. The number of aromatic nitrogens is 1. The Hall–Kier alpha value is -4.57. The fourth-order valence-corrected chi connectivity index (χ4v) is 6.68. The number of aryl methyl sites for hydroxylation is 1. The van der Waals surface area contributed by atoms with E-state index in [1.807, 2.05) is 0 Å². The number of carbonyl (C=O) groups is 3. The lowest BCUT2D eigenvalue weighted by Crippen LogP contribution is -2.44. The summed E-state index contributed by atoms with van der Waals surface area (Å²) in [4.78, 5) is 45.0. The number of halogens is 2. The second kappa shape index (κ2) is 10.0. The van der Waals surface area contributed by atoms with Gasteiger partial charge in [-0.1, -0.05) is 24.3 Å². The number of imide groups is 1. The van der Waals surface area contributed by atoms with E-state index < -0.39 is 35.1 Å². The van der Waals surface area contributed by atoms with Crippen LogP contribution < -0.4 is 15.5 Å². The van der Waals surface area contributed by atoms with E-state index >= 15 is 4.39 Å². The molecule has 1 aromatic heterocycles. The molecule has 6 rings (SSSR count). The van der Waals surface area contributed by atoms with Crippen molar-refractivity contribution in [3.05, 3.63) is 82.0 Å². The van der Waals surface area contributed by atoms with Gasteiger partial charge in [0.25, 0.3) is 5.91 Å². The van der Waals surface area contributed by atoms with Crippen molar-refractivity contribution in [2.45, 2.75) is 52.1 Å². The Morgan fingerprint density at radius 3 is 2.53 bits per heavy atom. The molecule has 10 heteroatoms. The second-order valence-corrected chi connectivity index (χ2v) is 12.0. The van der Waals surface area contributed by atoms with E-state index in [2.05, 4.69) is 4.98 Å². The summed E-state index contributed by atoms with van der Waals surface area (Å²) < 4.78 is 30.9. The summed E-state index contributed by atoms with van der Waals surface area (Å²) in [7, 11) is 1.41. The van der Waals surface area contributed by atoms with E-state index in [4.69, 9.17) is 5.73 Å². The summed E-state index contributed by atoms with van der Waals surface area (Å²) in [6, 6.07) is 9.64. The van der Waals surface area contributed by atoms with Gasteiger partial charge in [0.2, 0.25) is 5.91 Å². The average molecular weight is 587 g/mol. The molecular formula is C33H32F2N4O4. The van der Waals surface area contributed by atoms with E-state index in [0.717, 1.165) is 27.1 Å². The molecule has 0 spiro atoms. The molecule has 4 N–H and O–H groups in total. The Bertz CT molecular complexity index is 1860. The van der Waals surface area contributed by atoms with Crippen molar-refractivity contribution in [3.63, 3.8) is 0 Å². The fraction of sp³-hybridized carbons (Fsp3) is 0.303. The molecule has 1 atom stereocenters. The Morgan fingerprint density at radius 2 is 1.84 bits per heavy atom. The molecular weight excluding hydrogens is 554 g/mol. The van der Waals surface area contributed by atoms with Crippen LogP contribution in [0.15, 0.2) is 42.5 Å². The summed E-state index contributed by atoms with van der Waals surface area (Å²) in [6.45, 7) is 5.21. The molecule has 4 amide bonds. The van der Waals surface area contributed by atoms with E-state index in [1.54, 1.807) is 45.0 Å². The monoisotopic (exact) mass is 586 g/mol.